The third-order valence-electron chi connectivity index (χ3n) is 5.38. The van der Waals surface area contributed by atoms with Crippen LogP contribution < -0.4 is 20.1 Å². The first-order valence-electron chi connectivity index (χ1n) is 10.9. The van der Waals surface area contributed by atoms with Crippen LogP contribution in [0.15, 0.2) is 66.9 Å². The van der Waals surface area contributed by atoms with Crippen LogP contribution in [0.3, 0.4) is 0 Å². The lowest BCUT2D eigenvalue weighted by Crippen LogP contribution is -2.36. The van der Waals surface area contributed by atoms with E-state index < -0.39 is 36.7 Å². The average Bonchev–Trinajstić information content (AvgIpc) is 2.85. The van der Waals surface area contributed by atoms with Crippen molar-refractivity contribution < 1.29 is 31.8 Å². The number of carbonyl (C=O) groups is 1. The molecule has 0 saturated heterocycles. The van der Waals surface area contributed by atoms with E-state index in [9.17, 15) is 22.4 Å². The van der Waals surface area contributed by atoms with Gasteiger partial charge >= 0.3 is 13.2 Å². The van der Waals surface area contributed by atoms with Gasteiger partial charge in [0.05, 0.1) is 0 Å². The van der Waals surface area contributed by atoms with E-state index in [-0.39, 0.29) is 11.1 Å². The number of ether oxygens (including phenoxy) is 2. The molecule has 0 aliphatic carbocycles. The molecule has 0 spiro atoms. The van der Waals surface area contributed by atoms with Gasteiger partial charge in [-0.3, -0.25) is 4.79 Å². The molecular weight excluding hydrogens is 502 g/mol. The fourth-order valence-corrected chi connectivity index (χ4v) is 3.88. The Labute approximate surface area is 210 Å². The molecule has 36 heavy (non-hydrogen) atoms. The normalized spacial score (nSPS) is 12.9. The zero-order valence-electron chi connectivity index (χ0n) is 19.1. The minimum Gasteiger partial charge on any atom is -0.431 e. The molecule has 0 aliphatic heterocycles. The summed E-state index contributed by atoms with van der Waals surface area (Å²) in [5.74, 6) is -1.69. The van der Waals surface area contributed by atoms with Gasteiger partial charge in [0, 0.05) is 19.2 Å². The van der Waals surface area contributed by atoms with E-state index in [0.29, 0.717) is 24.1 Å². The van der Waals surface area contributed by atoms with Crippen LogP contribution in [0.1, 0.15) is 35.1 Å². The Kier molecular flexibility index (Phi) is 9.89. The predicted molar refractivity (Wildman–Crippen MR) is 127 cm³/mol. The Morgan fingerprint density at radius 3 is 2.19 bits per heavy atom. The third-order valence-corrected chi connectivity index (χ3v) is 5.60. The van der Waals surface area contributed by atoms with Crippen molar-refractivity contribution in [2.24, 2.45) is 0 Å². The molecular formula is C25H24ClF4N3O3. The van der Waals surface area contributed by atoms with Crippen LogP contribution in [-0.2, 0) is 4.79 Å². The monoisotopic (exact) mass is 525 g/mol. The van der Waals surface area contributed by atoms with E-state index in [1.165, 1.54) is 25.4 Å². The van der Waals surface area contributed by atoms with Gasteiger partial charge in [0.15, 0.2) is 11.5 Å². The summed E-state index contributed by atoms with van der Waals surface area (Å²) in [5, 5.41) is 6.11. The van der Waals surface area contributed by atoms with E-state index in [2.05, 4.69) is 25.1 Å². The minimum atomic E-state index is -3.24. The maximum absolute atomic E-state index is 13.0. The number of halogens is 5. The molecule has 0 aliphatic rings. The number of nitrogens with zero attached hydrogens (tertiary/aromatic N) is 1. The highest BCUT2D eigenvalue weighted by atomic mass is 35.5. The molecule has 0 radical (unpaired) electrons. The molecule has 192 valence electrons. The summed E-state index contributed by atoms with van der Waals surface area (Å²) in [4.78, 5) is 16.6. The summed E-state index contributed by atoms with van der Waals surface area (Å²) in [6, 6.07) is 15.7. The second-order valence-corrected chi connectivity index (χ2v) is 8.02. The van der Waals surface area contributed by atoms with Crippen LogP contribution in [0.2, 0.25) is 5.15 Å². The van der Waals surface area contributed by atoms with Gasteiger partial charge in [-0.1, -0.05) is 54.1 Å². The Balaban J connectivity index is 1.89. The van der Waals surface area contributed by atoms with E-state index in [1.54, 1.807) is 12.1 Å². The molecule has 3 rings (SSSR count). The van der Waals surface area contributed by atoms with Crippen LogP contribution >= 0.6 is 11.6 Å². The van der Waals surface area contributed by atoms with Gasteiger partial charge in [-0.05, 0) is 47.9 Å². The van der Waals surface area contributed by atoms with Crippen LogP contribution in [0.25, 0.3) is 0 Å². The highest BCUT2D eigenvalue weighted by molar-refractivity contribution is 6.29. The Hall–Kier alpha value is -3.37. The number of rotatable bonds is 12. The predicted octanol–water partition coefficient (Wildman–Crippen LogP) is 5.54. The number of carbonyl (C=O) groups excluding carboxylic acids is 1. The first-order valence-corrected chi connectivity index (χ1v) is 11.3. The average molecular weight is 526 g/mol. The van der Waals surface area contributed by atoms with Gasteiger partial charge in [-0.25, -0.2) is 4.98 Å². The summed E-state index contributed by atoms with van der Waals surface area (Å²) in [7, 11) is 1.54. The number of hydrogen-bond donors (Lipinski definition) is 2. The number of alkyl halides is 4. The largest absolute Gasteiger partial charge is 0.431 e. The van der Waals surface area contributed by atoms with E-state index in [0.717, 1.165) is 11.6 Å². The van der Waals surface area contributed by atoms with Crippen molar-refractivity contribution in [3.05, 3.63) is 88.7 Å². The summed E-state index contributed by atoms with van der Waals surface area (Å²) in [5.41, 5.74) is 1.96. The molecule has 0 saturated carbocycles. The highest BCUT2D eigenvalue weighted by Crippen LogP contribution is 2.36. The maximum atomic E-state index is 13.0. The molecule has 0 bridgehead atoms. The molecule has 2 N–H and O–H groups in total. The van der Waals surface area contributed by atoms with Crippen molar-refractivity contribution in [2.45, 2.75) is 31.6 Å². The number of benzene rings is 2. The number of hydrogen-bond acceptors (Lipinski definition) is 5. The molecule has 2 atom stereocenters. The topological polar surface area (TPSA) is 72.5 Å². The Morgan fingerprint density at radius 1 is 0.917 bits per heavy atom. The van der Waals surface area contributed by atoms with Gasteiger partial charge < -0.3 is 20.1 Å². The molecule has 1 amide bonds. The first-order chi connectivity index (χ1) is 17.3. The van der Waals surface area contributed by atoms with E-state index in [4.69, 9.17) is 11.6 Å². The SMILES string of the molecule is CNC(=O)[C@H](NCC[C@H](c1ccc(Cl)nc1)c1ccc(OC(F)F)c(OC(F)F)c1)c1ccccc1. The third kappa shape index (κ3) is 7.56. The maximum Gasteiger partial charge on any atom is 0.387 e. The van der Waals surface area contributed by atoms with Crippen LogP contribution in [0.4, 0.5) is 17.6 Å². The second kappa shape index (κ2) is 13.1. The smallest absolute Gasteiger partial charge is 0.387 e. The second-order valence-electron chi connectivity index (χ2n) is 7.63. The van der Waals surface area contributed by atoms with Gasteiger partial charge in [0.2, 0.25) is 5.91 Å². The summed E-state index contributed by atoms with van der Waals surface area (Å²) in [6.07, 6.45) is 1.93. The van der Waals surface area contributed by atoms with Crippen LogP contribution in [0, 0.1) is 0 Å². The van der Waals surface area contributed by atoms with Gasteiger partial charge in [0.25, 0.3) is 0 Å². The number of aromatic nitrogens is 1. The Morgan fingerprint density at radius 2 is 1.58 bits per heavy atom. The number of likely N-dealkylation sites (N-methyl/N-ethyl adjacent to an activating group) is 1. The van der Waals surface area contributed by atoms with Crippen molar-refractivity contribution in [2.75, 3.05) is 13.6 Å². The molecule has 1 aromatic heterocycles. The number of amides is 1. The van der Waals surface area contributed by atoms with Crippen molar-refractivity contribution in [3.8, 4) is 11.5 Å². The van der Waals surface area contributed by atoms with Crippen molar-refractivity contribution >= 4 is 17.5 Å². The summed E-state index contributed by atoms with van der Waals surface area (Å²) >= 11 is 5.92. The zero-order chi connectivity index (χ0) is 26.1. The molecule has 6 nitrogen and oxygen atoms in total. The number of pyridine rings is 1. The highest BCUT2D eigenvalue weighted by Gasteiger charge is 2.23. The summed E-state index contributed by atoms with van der Waals surface area (Å²) < 4.78 is 60.2. The lowest BCUT2D eigenvalue weighted by molar-refractivity contribution is -0.122. The van der Waals surface area contributed by atoms with Gasteiger partial charge in [-0.15, -0.1) is 0 Å². The van der Waals surface area contributed by atoms with E-state index in [1.807, 2.05) is 30.3 Å². The molecule has 11 heteroatoms. The van der Waals surface area contributed by atoms with Crippen LogP contribution in [0.5, 0.6) is 11.5 Å². The molecule has 0 unspecified atom stereocenters. The Bertz CT molecular complexity index is 1120. The zero-order valence-corrected chi connectivity index (χ0v) is 19.9. The fraction of sp³-hybridized carbons (Fsp3) is 0.280. The van der Waals surface area contributed by atoms with Gasteiger partial charge in [0.1, 0.15) is 11.2 Å². The quantitative estimate of drug-likeness (QED) is 0.240. The summed E-state index contributed by atoms with van der Waals surface area (Å²) in [6.45, 7) is -6.12. The van der Waals surface area contributed by atoms with Gasteiger partial charge in [-0.2, -0.15) is 17.6 Å². The first kappa shape index (κ1) is 27.2. The lowest BCUT2D eigenvalue weighted by atomic mass is 9.89. The number of nitrogens with one attached hydrogen (secondary N) is 2. The molecule has 3 aromatic rings. The minimum absolute atomic E-state index is 0.230. The lowest BCUT2D eigenvalue weighted by Gasteiger charge is -2.22. The molecule has 1 heterocycles. The van der Waals surface area contributed by atoms with Crippen molar-refractivity contribution in [1.29, 1.82) is 0 Å². The van der Waals surface area contributed by atoms with Crippen LogP contribution in [-0.4, -0.2) is 37.7 Å². The molecule has 0 fully saturated rings. The van der Waals surface area contributed by atoms with Crippen molar-refractivity contribution in [3.63, 3.8) is 0 Å². The fourth-order valence-electron chi connectivity index (χ4n) is 3.77. The molecule has 2 aromatic carbocycles. The van der Waals surface area contributed by atoms with Crippen molar-refractivity contribution in [1.82, 2.24) is 15.6 Å². The van der Waals surface area contributed by atoms with E-state index >= 15 is 0 Å². The standard InChI is InChI=1S/C25H24ClF4N3O3/c1-31-23(34)22(15-5-3-2-4-6-15)32-12-11-18(17-8-10-21(26)33-14-17)16-7-9-19(35-24(27)28)20(13-16)36-25(29)30/h2-10,13-14,18,22,24-25,32H,11-12H2,1H3,(H,31,34)/t18-,22+/m0/s1.